The highest BCUT2D eigenvalue weighted by molar-refractivity contribution is 6.24. The predicted octanol–water partition coefficient (Wildman–Crippen LogP) is 3.30. The molecule has 0 bridgehead atoms. The number of nitrogens with one attached hydrogen (secondary N) is 1. The zero-order chi connectivity index (χ0) is 24.3. The number of aliphatic hydroxyl groups excluding tert-OH is 1. The molecule has 0 fully saturated rings. The van der Waals surface area contributed by atoms with Crippen LogP contribution in [-0.2, 0) is 9.53 Å². The normalized spacial score (nSPS) is 17.7. The molecule has 2 N–H and O–H groups in total. The van der Waals surface area contributed by atoms with Crippen molar-refractivity contribution in [2.75, 3.05) is 40.2 Å². The van der Waals surface area contributed by atoms with Gasteiger partial charge < -0.3 is 20.1 Å². The van der Waals surface area contributed by atoms with Crippen LogP contribution in [0.1, 0.15) is 46.9 Å². The number of imide groups is 1. The molecule has 2 amide bonds. The number of amides is 2. The van der Waals surface area contributed by atoms with Crippen molar-refractivity contribution in [1.29, 1.82) is 0 Å². The van der Waals surface area contributed by atoms with Crippen molar-refractivity contribution in [3.05, 3.63) is 64.1 Å². The van der Waals surface area contributed by atoms with Gasteiger partial charge in [0.1, 0.15) is 5.70 Å². The van der Waals surface area contributed by atoms with E-state index < -0.39 is 0 Å². The van der Waals surface area contributed by atoms with E-state index >= 15 is 0 Å². The average molecular weight is 454 g/mol. The van der Waals surface area contributed by atoms with Crippen LogP contribution in [0.3, 0.4) is 0 Å². The van der Waals surface area contributed by atoms with Crippen LogP contribution in [0.2, 0.25) is 0 Å². The molecule has 0 spiro atoms. The van der Waals surface area contributed by atoms with Gasteiger partial charge in [-0.25, -0.2) is 0 Å². The topological polar surface area (TPSA) is 99.2 Å². The van der Waals surface area contributed by atoms with Gasteiger partial charge in [-0.3, -0.25) is 19.3 Å². The molecule has 0 saturated heterocycles. The Balaban J connectivity index is 0.000000194. The Morgan fingerprint density at radius 2 is 1.79 bits per heavy atom. The molecular weight excluding hydrogens is 422 g/mol. The molecule has 1 unspecified atom stereocenters. The van der Waals surface area contributed by atoms with E-state index in [4.69, 9.17) is 4.74 Å². The van der Waals surface area contributed by atoms with Gasteiger partial charge in [-0.05, 0) is 31.4 Å². The molecule has 4 rings (SSSR count). The number of ether oxygens (including phenoxy) is 1. The fourth-order valence-electron chi connectivity index (χ4n) is 4.30. The Morgan fingerprint density at radius 1 is 1.12 bits per heavy atom. The number of allylic oxidation sites excluding steroid dienone is 4. The van der Waals surface area contributed by atoms with Crippen LogP contribution in [0.5, 0.6) is 0 Å². The summed E-state index contributed by atoms with van der Waals surface area (Å²) in [6, 6.07) is 5.04. The van der Waals surface area contributed by atoms with Gasteiger partial charge in [0.05, 0.1) is 23.8 Å². The molecule has 0 radical (unpaired) electrons. The summed E-state index contributed by atoms with van der Waals surface area (Å²) in [5.41, 5.74) is 3.40. The smallest absolute Gasteiger partial charge is 0.263 e. The van der Waals surface area contributed by atoms with Gasteiger partial charge in [-0.15, -0.1) is 0 Å². The van der Waals surface area contributed by atoms with Gasteiger partial charge in [0, 0.05) is 45.1 Å². The zero-order valence-electron chi connectivity index (χ0n) is 19.8. The number of methoxy groups -OCH3 is 1. The fourth-order valence-corrected chi connectivity index (χ4v) is 4.30. The summed E-state index contributed by atoms with van der Waals surface area (Å²) < 4.78 is 5.10. The van der Waals surface area contributed by atoms with Crippen molar-refractivity contribution in [1.82, 2.24) is 9.80 Å². The number of likely N-dealkylation sites (N-methyl/N-ethyl adjacent to an activating group) is 1. The number of ketones is 1. The van der Waals surface area contributed by atoms with E-state index in [1.54, 1.807) is 51.4 Å². The number of Topliss-reactive ketones (excluding diaryl/α,β-unsaturated/α-hetero) is 1. The lowest BCUT2D eigenvalue weighted by molar-refractivity contribution is -0.112. The number of hydrogen-bond donors (Lipinski definition) is 2. The summed E-state index contributed by atoms with van der Waals surface area (Å²) in [5, 5.41) is 12.8. The van der Waals surface area contributed by atoms with Gasteiger partial charge in [0.15, 0.2) is 5.76 Å². The number of hydrogen-bond acceptors (Lipinski definition) is 7. The molecule has 0 saturated carbocycles. The summed E-state index contributed by atoms with van der Waals surface area (Å²) in [6.45, 7) is 2.29. The van der Waals surface area contributed by atoms with Crippen LogP contribution in [-0.4, -0.2) is 73.4 Å². The lowest BCUT2D eigenvalue weighted by Crippen LogP contribution is -2.42. The number of anilines is 1. The molecule has 3 aliphatic rings. The maximum Gasteiger partial charge on any atom is 0.263 e. The van der Waals surface area contributed by atoms with E-state index in [1.807, 2.05) is 19.1 Å². The van der Waals surface area contributed by atoms with Gasteiger partial charge in [0.2, 0.25) is 5.78 Å². The van der Waals surface area contributed by atoms with Crippen molar-refractivity contribution in [3.8, 4) is 0 Å². The lowest BCUT2D eigenvalue weighted by atomic mass is 9.99. The second-order valence-electron chi connectivity index (χ2n) is 8.21. The fraction of sp³-hybridized carbons (Fsp3) is 0.400. The maximum absolute atomic E-state index is 12.5. The third-order valence-corrected chi connectivity index (χ3v) is 5.95. The molecule has 176 valence electrons. The van der Waals surface area contributed by atoms with E-state index in [9.17, 15) is 19.5 Å². The maximum atomic E-state index is 12.5. The molecule has 33 heavy (non-hydrogen) atoms. The van der Waals surface area contributed by atoms with Crippen LogP contribution in [0.15, 0.2) is 53.0 Å². The van der Waals surface area contributed by atoms with E-state index in [1.165, 1.54) is 4.90 Å². The average Bonchev–Trinajstić information content (AvgIpc) is 3.22. The summed E-state index contributed by atoms with van der Waals surface area (Å²) >= 11 is 0. The molecule has 0 aromatic heterocycles. The third kappa shape index (κ3) is 4.30. The number of nitrogens with zero attached hydrogens (tertiary/aromatic N) is 2. The van der Waals surface area contributed by atoms with Crippen molar-refractivity contribution in [2.45, 2.75) is 32.2 Å². The molecule has 1 atom stereocenters. The van der Waals surface area contributed by atoms with Crippen molar-refractivity contribution < 1.29 is 24.2 Å². The second kappa shape index (κ2) is 10.0. The Morgan fingerprint density at radius 3 is 2.33 bits per heavy atom. The van der Waals surface area contributed by atoms with Gasteiger partial charge in [-0.1, -0.05) is 25.1 Å². The summed E-state index contributed by atoms with van der Waals surface area (Å²) in [4.78, 5) is 39.6. The van der Waals surface area contributed by atoms with Crippen LogP contribution >= 0.6 is 0 Å². The largest absolute Gasteiger partial charge is 0.505 e. The SMILES string of the molecule is CCC(COC)N1C(=O)c2cccc(NC)c2C1=O.CN(C)C1=C(O)C2=CCCC=C2C1=O. The molecular formula is C25H31N3O5. The molecule has 1 aromatic rings. The first kappa shape index (κ1) is 24.3. The lowest BCUT2D eigenvalue weighted by Gasteiger charge is -2.24. The van der Waals surface area contributed by atoms with Crippen molar-refractivity contribution in [3.63, 3.8) is 0 Å². The number of rotatable bonds is 6. The number of benzene rings is 1. The van der Waals surface area contributed by atoms with E-state index in [2.05, 4.69) is 5.32 Å². The Labute approximate surface area is 194 Å². The molecule has 2 aliphatic carbocycles. The van der Waals surface area contributed by atoms with E-state index in [0.717, 1.165) is 12.8 Å². The van der Waals surface area contributed by atoms with Gasteiger partial charge in [-0.2, -0.15) is 0 Å². The zero-order valence-corrected chi connectivity index (χ0v) is 19.8. The first-order chi connectivity index (χ1) is 15.8. The highest BCUT2D eigenvalue weighted by Gasteiger charge is 2.40. The first-order valence-electron chi connectivity index (χ1n) is 11.0. The summed E-state index contributed by atoms with van der Waals surface area (Å²) in [7, 11) is 6.84. The van der Waals surface area contributed by atoms with Crippen molar-refractivity contribution >= 4 is 23.3 Å². The minimum atomic E-state index is -0.242. The highest BCUT2D eigenvalue weighted by Crippen LogP contribution is 2.35. The standard InChI is InChI=1S/C14H18N2O3.C11H13NO2/c1-4-9(8-19-3)16-13(17)10-6-5-7-11(15-2)12(10)14(16)18;1-12(2)9-10(13)7-5-3-4-6-8(7)11(9)14/h5-7,9,15H,4,8H2,1-3H3;5-6,13H,3-4H2,1-2H3. The van der Waals surface area contributed by atoms with Gasteiger partial charge in [0.25, 0.3) is 11.8 Å². The monoisotopic (exact) mass is 453 g/mol. The molecule has 1 aliphatic heterocycles. The minimum absolute atomic E-state index is 0.0570. The number of carbonyl (C=O) groups excluding carboxylic acids is 3. The molecule has 8 heteroatoms. The first-order valence-corrected chi connectivity index (χ1v) is 11.0. The van der Waals surface area contributed by atoms with Crippen molar-refractivity contribution in [2.24, 2.45) is 0 Å². The minimum Gasteiger partial charge on any atom is -0.505 e. The molecule has 1 aromatic carbocycles. The van der Waals surface area contributed by atoms with Crippen LogP contribution in [0, 0.1) is 0 Å². The Hall–Kier alpha value is -3.39. The molecule has 8 nitrogen and oxygen atoms in total. The Kier molecular flexibility index (Phi) is 7.38. The van der Waals surface area contributed by atoms with Gasteiger partial charge >= 0.3 is 0 Å². The third-order valence-electron chi connectivity index (χ3n) is 5.95. The highest BCUT2D eigenvalue weighted by atomic mass is 16.5. The number of aliphatic hydroxyl groups is 1. The summed E-state index contributed by atoms with van der Waals surface area (Å²) in [5.74, 6) is -0.403. The van der Waals surface area contributed by atoms with E-state index in [-0.39, 0.29) is 29.4 Å². The predicted molar refractivity (Wildman–Crippen MR) is 126 cm³/mol. The second-order valence-corrected chi connectivity index (χ2v) is 8.21. The van der Waals surface area contributed by atoms with Crippen LogP contribution < -0.4 is 5.32 Å². The Bertz CT molecular complexity index is 1070. The van der Waals surface area contributed by atoms with E-state index in [0.29, 0.717) is 46.7 Å². The summed E-state index contributed by atoms with van der Waals surface area (Å²) in [6.07, 6.45) is 6.30. The quantitative estimate of drug-likeness (QED) is 0.638. The molecule has 1 heterocycles. The number of carbonyl (C=O) groups is 3. The number of fused-ring (bicyclic) bond motifs is 2. The van der Waals surface area contributed by atoms with Crippen LogP contribution in [0.25, 0.3) is 0 Å². The van der Waals surface area contributed by atoms with Crippen LogP contribution in [0.4, 0.5) is 5.69 Å².